The number of benzene rings is 1. The number of anilines is 1. The molecule has 1 N–H and O–H groups in total. The van der Waals surface area contributed by atoms with Gasteiger partial charge in [0.25, 0.3) is 0 Å². The zero-order chi connectivity index (χ0) is 16.1. The van der Waals surface area contributed by atoms with E-state index in [1.165, 1.54) is 0 Å². The number of furan rings is 1. The molecule has 1 aliphatic rings. The molecule has 0 atom stereocenters. The van der Waals surface area contributed by atoms with E-state index in [0.717, 1.165) is 24.3 Å². The number of nitrogens with one attached hydrogen (secondary N) is 1. The van der Waals surface area contributed by atoms with Crippen LogP contribution in [0.3, 0.4) is 0 Å². The number of rotatable bonds is 5. The molecular weight excluding hydrogens is 296 g/mol. The summed E-state index contributed by atoms with van der Waals surface area (Å²) in [5, 5.41) is 2.88. The van der Waals surface area contributed by atoms with Crippen LogP contribution in [0.2, 0.25) is 0 Å². The maximum absolute atomic E-state index is 12.0. The van der Waals surface area contributed by atoms with Crippen molar-refractivity contribution in [1.29, 1.82) is 0 Å². The molecule has 23 heavy (non-hydrogen) atoms. The molecule has 6 nitrogen and oxygen atoms in total. The third-order valence-corrected chi connectivity index (χ3v) is 3.67. The van der Waals surface area contributed by atoms with E-state index in [4.69, 9.17) is 9.15 Å². The largest absolute Gasteiger partial charge is 0.453 e. The first-order valence-electron chi connectivity index (χ1n) is 7.50. The third kappa shape index (κ3) is 4.06. The monoisotopic (exact) mass is 314 g/mol. The lowest BCUT2D eigenvalue weighted by Crippen LogP contribution is -2.41. The number of morpholine rings is 1. The summed E-state index contributed by atoms with van der Waals surface area (Å²) in [5.41, 5.74) is 1.58. The van der Waals surface area contributed by atoms with Gasteiger partial charge in [-0.1, -0.05) is 0 Å². The fourth-order valence-corrected chi connectivity index (χ4v) is 2.45. The van der Waals surface area contributed by atoms with Gasteiger partial charge in [0.1, 0.15) is 5.76 Å². The highest BCUT2D eigenvalue weighted by Crippen LogP contribution is 2.23. The minimum atomic E-state index is -0.0408. The minimum Gasteiger partial charge on any atom is -0.453 e. The molecule has 1 amide bonds. The zero-order valence-electron chi connectivity index (χ0n) is 12.7. The molecule has 1 aromatic heterocycles. The van der Waals surface area contributed by atoms with Gasteiger partial charge in [-0.3, -0.25) is 14.5 Å². The van der Waals surface area contributed by atoms with Crippen LogP contribution >= 0.6 is 0 Å². The number of aldehydes is 1. The zero-order valence-corrected chi connectivity index (χ0v) is 12.7. The van der Waals surface area contributed by atoms with Gasteiger partial charge in [-0.2, -0.15) is 0 Å². The van der Waals surface area contributed by atoms with Crippen LogP contribution in [0.1, 0.15) is 10.6 Å². The Bertz CT molecular complexity index is 672. The Kier molecular flexibility index (Phi) is 4.85. The van der Waals surface area contributed by atoms with Crippen LogP contribution < -0.4 is 5.32 Å². The predicted octanol–water partition coefficient (Wildman–Crippen LogP) is 2.03. The molecule has 120 valence electrons. The van der Waals surface area contributed by atoms with Gasteiger partial charge in [-0.15, -0.1) is 0 Å². The number of hydrogen-bond acceptors (Lipinski definition) is 5. The molecule has 0 bridgehead atoms. The van der Waals surface area contributed by atoms with Crippen molar-refractivity contribution >= 4 is 17.9 Å². The lowest BCUT2D eigenvalue weighted by molar-refractivity contribution is -0.118. The van der Waals surface area contributed by atoms with Gasteiger partial charge < -0.3 is 14.5 Å². The number of ether oxygens (including phenoxy) is 1. The van der Waals surface area contributed by atoms with Crippen molar-refractivity contribution in [1.82, 2.24) is 4.90 Å². The molecule has 1 saturated heterocycles. The first-order valence-corrected chi connectivity index (χ1v) is 7.50. The molecule has 2 heterocycles. The Hall–Kier alpha value is -2.44. The lowest BCUT2D eigenvalue weighted by Gasteiger charge is -2.25. The van der Waals surface area contributed by atoms with Crippen molar-refractivity contribution in [3.8, 4) is 11.3 Å². The molecule has 0 unspecified atom stereocenters. The number of amides is 1. The average Bonchev–Trinajstić information content (AvgIpc) is 3.05. The van der Waals surface area contributed by atoms with Gasteiger partial charge in [-0.25, -0.2) is 0 Å². The van der Waals surface area contributed by atoms with E-state index in [9.17, 15) is 9.59 Å². The second-order valence-corrected chi connectivity index (χ2v) is 5.33. The second kappa shape index (κ2) is 7.21. The van der Waals surface area contributed by atoms with Gasteiger partial charge in [0, 0.05) is 24.3 Å². The summed E-state index contributed by atoms with van der Waals surface area (Å²) in [4.78, 5) is 24.7. The van der Waals surface area contributed by atoms with Gasteiger partial charge in [0.2, 0.25) is 5.91 Å². The molecule has 3 rings (SSSR count). The van der Waals surface area contributed by atoms with Crippen molar-refractivity contribution in [2.75, 3.05) is 38.2 Å². The van der Waals surface area contributed by atoms with Gasteiger partial charge in [0.05, 0.1) is 19.8 Å². The average molecular weight is 314 g/mol. The fourth-order valence-electron chi connectivity index (χ4n) is 2.45. The van der Waals surface area contributed by atoms with E-state index < -0.39 is 0 Å². The molecular formula is C17H18N2O4. The molecule has 0 saturated carbocycles. The Balaban J connectivity index is 1.58. The highest BCUT2D eigenvalue weighted by molar-refractivity contribution is 5.92. The van der Waals surface area contributed by atoms with Crippen molar-refractivity contribution in [2.24, 2.45) is 0 Å². The van der Waals surface area contributed by atoms with Gasteiger partial charge in [0.15, 0.2) is 12.0 Å². The number of carbonyl (C=O) groups is 2. The standard InChI is InChI=1S/C17H18N2O4/c20-12-15-5-6-16(23-15)13-1-3-14(4-2-13)18-17(21)11-19-7-9-22-10-8-19/h1-6,12H,7-11H2,(H,18,21). The van der Waals surface area contributed by atoms with E-state index in [1.54, 1.807) is 12.1 Å². The third-order valence-electron chi connectivity index (χ3n) is 3.67. The van der Waals surface area contributed by atoms with E-state index >= 15 is 0 Å². The summed E-state index contributed by atoms with van der Waals surface area (Å²) in [6.45, 7) is 3.28. The highest BCUT2D eigenvalue weighted by atomic mass is 16.5. The van der Waals surface area contributed by atoms with Gasteiger partial charge in [-0.05, 0) is 36.4 Å². The fraction of sp³-hybridized carbons (Fsp3) is 0.294. The molecule has 0 aliphatic carbocycles. The van der Waals surface area contributed by atoms with Crippen LogP contribution in [0.5, 0.6) is 0 Å². The topological polar surface area (TPSA) is 71.8 Å². The van der Waals surface area contributed by atoms with Crippen LogP contribution in [0, 0.1) is 0 Å². The Morgan fingerprint density at radius 3 is 2.52 bits per heavy atom. The molecule has 0 radical (unpaired) electrons. The first kappa shape index (κ1) is 15.5. The second-order valence-electron chi connectivity index (χ2n) is 5.33. The molecule has 6 heteroatoms. The van der Waals surface area contributed by atoms with Crippen LogP contribution in [0.25, 0.3) is 11.3 Å². The molecule has 0 spiro atoms. The van der Waals surface area contributed by atoms with Crippen molar-refractivity contribution < 1.29 is 18.7 Å². The van der Waals surface area contributed by atoms with Crippen LogP contribution in [0.4, 0.5) is 5.69 Å². The van der Waals surface area contributed by atoms with Gasteiger partial charge >= 0.3 is 0 Å². The normalized spacial score (nSPS) is 15.3. The van der Waals surface area contributed by atoms with Crippen molar-refractivity contribution in [3.63, 3.8) is 0 Å². The summed E-state index contributed by atoms with van der Waals surface area (Å²) in [5.74, 6) is 0.877. The highest BCUT2D eigenvalue weighted by Gasteiger charge is 2.14. The number of nitrogens with zero attached hydrogens (tertiary/aromatic N) is 1. The Morgan fingerprint density at radius 1 is 1.13 bits per heavy atom. The summed E-state index contributed by atoms with van der Waals surface area (Å²) >= 11 is 0. The van der Waals surface area contributed by atoms with Crippen LogP contribution in [-0.4, -0.2) is 49.9 Å². The minimum absolute atomic E-state index is 0.0408. The maximum Gasteiger partial charge on any atom is 0.238 e. The summed E-state index contributed by atoms with van der Waals surface area (Å²) in [7, 11) is 0. The molecule has 1 fully saturated rings. The smallest absolute Gasteiger partial charge is 0.238 e. The Morgan fingerprint density at radius 2 is 1.87 bits per heavy atom. The number of carbonyl (C=O) groups excluding carboxylic acids is 2. The van der Waals surface area contributed by atoms with Crippen molar-refractivity contribution in [3.05, 3.63) is 42.2 Å². The molecule has 2 aromatic rings. The van der Waals surface area contributed by atoms with Crippen molar-refractivity contribution in [2.45, 2.75) is 0 Å². The molecule has 1 aromatic carbocycles. The van der Waals surface area contributed by atoms with E-state index in [1.807, 2.05) is 24.3 Å². The molecule has 1 aliphatic heterocycles. The lowest BCUT2D eigenvalue weighted by atomic mass is 10.1. The van der Waals surface area contributed by atoms with E-state index in [0.29, 0.717) is 37.6 Å². The van der Waals surface area contributed by atoms with Crippen LogP contribution in [-0.2, 0) is 9.53 Å². The Labute approximate surface area is 134 Å². The summed E-state index contributed by atoms with van der Waals surface area (Å²) in [6, 6.07) is 10.7. The SMILES string of the molecule is O=Cc1ccc(-c2ccc(NC(=O)CN3CCOCC3)cc2)o1. The summed E-state index contributed by atoms with van der Waals surface area (Å²) in [6.07, 6.45) is 0.670. The maximum atomic E-state index is 12.0. The first-order chi connectivity index (χ1) is 11.2. The van der Waals surface area contributed by atoms with Crippen LogP contribution in [0.15, 0.2) is 40.8 Å². The number of hydrogen-bond donors (Lipinski definition) is 1. The summed E-state index contributed by atoms with van der Waals surface area (Å²) < 4.78 is 10.6. The quantitative estimate of drug-likeness (QED) is 0.855. The van der Waals surface area contributed by atoms with E-state index in [-0.39, 0.29) is 5.91 Å². The predicted molar refractivity (Wildman–Crippen MR) is 85.4 cm³/mol. The van der Waals surface area contributed by atoms with E-state index in [2.05, 4.69) is 10.2 Å².